The second-order valence-corrected chi connectivity index (χ2v) is 8.35. The standard InChI is InChI=1S/C14H18N4O4S2/c1-24(20,21)18-4-5-22-11(8-18)7-15-14(19)17-10-2-3-12-13(6-10)23-9-16-12/h2-3,6,9,11H,4-5,7-8H2,1H3,(H2,15,17,19). The van der Waals surface area contributed by atoms with Gasteiger partial charge in [-0.1, -0.05) is 0 Å². The van der Waals surface area contributed by atoms with E-state index in [9.17, 15) is 13.2 Å². The summed E-state index contributed by atoms with van der Waals surface area (Å²) in [5.74, 6) is 0. The molecule has 130 valence electrons. The van der Waals surface area contributed by atoms with Crippen molar-refractivity contribution in [2.75, 3.05) is 37.8 Å². The molecule has 10 heteroatoms. The van der Waals surface area contributed by atoms with Gasteiger partial charge in [0.2, 0.25) is 10.0 Å². The summed E-state index contributed by atoms with van der Waals surface area (Å²) < 4.78 is 31.0. The summed E-state index contributed by atoms with van der Waals surface area (Å²) in [5, 5.41) is 5.45. The van der Waals surface area contributed by atoms with Crippen molar-refractivity contribution in [1.82, 2.24) is 14.6 Å². The van der Waals surface area contributed by atoms with Gasteiger partial charge in [0, 0.05) is 25.3 Å². The van der Waals surface area contributed by atoms with Gasteiger partial charge in [0.15, 0.2) is 0 Å². The van der Waals surface area contributed by atoms with E-state index in [0.717, 1.165) is 10.2 Å². The average molecular weight is 370 g/mol. The summed E-state index contributed by atoms with van der Waals surface area (Å²) in [6.07, 6.45) is 0.814. The number of anilines is 1. The molecule has 1 aliphatic heterocycles. The van der Waals surface area contributed by atoms with E-state index in [1.165, 1.54) is 21.9 Å². The van der Waals surface area contributed by atoms with Gasteiger partial charge in [0.1, 0.15) is 0 Å². The third-order valence-electron chi connectivity index (χ3n) is 3.65. The quantitative estimate of drug-likeness (QED) is 0.839. The van der Waals surface area contributed by atoms with Gasteiger partial charge < -0.3 is 15.4 Å². The largest absolute Gasteiger partial charge is 0.374 e. The van der Waals surface area contributed by atoms with Gasteiger partial charge in [0.05, 0.1) is 34.7 Å². The van der Waals surface area contributed by atoms with Crippen molar-refractivity contribution in [2.24, 2.45) is 0 Å². The Bertz CT molecular complexity index is 836. The molecule has 0 aliphatic carbocycles. The van der Waals surface area contributed by atoms with Crippen molar-refractivity contribution in [2.45, 2.75) is 6.10 Å². The Balaban J connectivity index is 1.51. The Kier molecular flexibility index (Phi) is 4.99. The number of fused-ring (bicyclic) bond motifs is 1. The third-order valence-corrected chi connectivity index (χ3v) is 5.71. The van der Waals surface area contributed by atoms with Gasteiger partial charge in [-0.2, -0.15) is 4.31 Å². The maximum Gasteiger partial charge on any atom is 0.319 e. The molecule has 2 aromatic rings. The second-order valence-electron chi connectivity index (χ2n) is 5.48. The van der Waals surface area contributed by atoms with Crippen LogP contribution in [0.1, 0.15) is 0 Å². The fraction of sp³-hybridized carbons (Fsp3) is 0.429. The smallest absolute Gasteiger partial charge is 0.319 e. The molecule has 0 saturated carbocycles. The van der Waals surface area contributed by atoms with Crippen molar-refractivity contribution in [1.29, 1.82) is 0 Å². The van der Waals surface area contributed by atoms with Crippen LogP contribution in [-0.2, 0) is 14.8 Å². The molecule has 1 aromatic heterocycles. The minimum atomic E-state index is -3.24. The highest BCUT2D eigenvalue weighted by Gasteiger charge is 2.26. The summed E-state index contributed by atoms with van der Waals surface area (Å²) in [6, 6.07) is 5.12. The summed E-state index contributed by atoms with van der Waals surface area (Å²) in [6.45, 7) is 1.14. The summed E-state index contributed by atoms with van der Waals surface area (Å²) in [5.41, 5.74) is 3.32. The highest BCUT2D eigenvalue weighted by Crippen LogP contribution is 2.21. The van der Waals surface area contributed by atoms with E-state index in [1.54, 1.807) is 11.6 Å². The number of nitrogens with zero attached hydrogens (tertiary/aromatic N) is 2. The van der Waals surface area contributed by atoms with E-state index >= 15 is 0 Å². The van der Waals surface area contributed by atoms with Crippen molar-refractivity contribution in [3.05, 3.63) is 23.7 Å². The molecule has 1 saturated heterocycles. The van der Waals surface area contributed by atoms with Gasteiger partial charge in [-0.15, -0.1) is 11.3 Å². The Morgan fingerprint density at radius 3 is 3.12 bits per heavy atom. The highest BCUT2D eigenvalue weighted by molar-refractivity contribution is 7.88. The van der Waals surface area contributed by atoms with E-state index in [1.807, 2.05) is 12.1 Å². The molecule has 1 fully saturated rings. The minimum absolute atomic E-state index is 0.237. The lowest BCUT2D eigenvalue weighted by Crippen LogP contribution is -2.49. The zero-order chi connectivity index (χ0) is 17.2. The number of rotatable bonds is 4. The first-order valence-electron chi connectivity index (χ1n) is 7.36. The molecule has 2 heterocycles. The van der Waals surface area contributed by atoms with Gasteiger partial charge in [-0.3, -0.25) is 0 Å². The van der Waals surface area contributed by atoms with Crippen LogP contribution in [0.5, 0.6) is 0 Å². The lowest BCUT2D eigenvalue weighted by molar-refractivity contribution is 0.00167. The van der Waals surface area contributed by atoms with Crippen LogP contribution in [0.25, 0.3) is 10.2 Å². The molecule has 0 spiro atoms. The summed E-state index contributed by atoms with van der Waals surface area (Å²) in [7, 11) is -3.24. The van der Waals surface area contributed by atoms with Gasteiger partial charge in [-0.25, -0.2) is 18.2 Å². The Morgan fingerprint density at radius 1 is 1.50 bits per heavy atom. The average Bonchev–Trinajstić information content (AvgIpc) is 3.00. The molecule has 2 N–H and O–H groups in total. The van der Waals surface area contributed by atoms with E-state index in [-0.39, 0.29) is 25.2 Å². The lowest BCUT2D eigenvalue weighted by atomic mass is 10.3. The number of hydrogen-bond donors (Lipinski definition) is 2. The summed E-state index contributed by atoms with van der Waals surface area (Å²) in [4.78, 5) is 16.2. The zero-order valence-electron chi connectivity index (χ0n) is 13.1. The molecule has 24 heavy (non-hydrogen) atoms. The van der Waals surface area contributed by atoms with E-state index in [2.05, 4.69) is 15.6 Å². The second kappa shape index (κ2) is 7.01. The molecule has 8 nitrogen and oxygen atoms in total. The van der Waals surface area contributed by atoms with Crippen LogP contribution in [0.4, 0.5) is 10.5 Å². The lowest BCUT2D eigenvalue weighted by Gasteiger charge is -2.31. The number of carbonyl (C=O) groups is 1. The Labute approximate surface area is 143 Å². The number of nitrogens with one attached hydrogen (secondary N) is 2. The SMILES string of the molecule is CS(=O)(=O)N1CCOC(CNC(=O)Nc2ccc3ncsc3c2)C1. The van der Waals surface area contributed by atoms with Crippen LogP contribution in [0.2, 0.25) is 0 Å². The van der Waals surface area contributed by atoms with Crippen LogP contribution in [0.15, 0.2) is 23.7 Å². The number of ether oxygens (including phenoxy) is 1. The normalized spacial score (nSPS) is 19.3. The van der Waals surface area contributed by atoms with Crippen LogP contribution >= 0.6 is 11.3 Å². The number of urea groups is 1. The molecule has 1 aromatic carbocycles. The maximum atomic E-state index is 12.0. The number of hydrogen-bond acceptors (Lipinski definition) is 6. The first kappa shape index (κ1) is 17.1. The molecule has 1 unspecified atom stereocenters. The van der Waals surface area contributed by atoms with Gasteiger partial charge in [-0.05, 0) is 18.2 Å². The molecule has 0 bridgehead atoms. The van der Waals surface area contributed by atoms with Crippen LogP contribution in [-0.4, -0.2) is 62.3 Å². The highest BCUT2D eigenvalue weighted by atomic mass is 32.2. The number of amides is 2. The van der Waals surface area contributed by atoms with E-state index in [4.69, 9.17) is 4.74 Å². The first-order chi connectivity index (χ1) is 11.4. The number of carbonyl (C=O) groups excluding carboxylic acids is 1. The molecule has 1 atom stereocenters. The monoisotopic (exact) mass is 370 g/mol. The fourth-order valence-corrected chi connectivity index (χ4v) is 3.99. The fourth-order valence-electron chi connectivity index (χ4n) is 2.43. The zero-order valence-corrected chi connectivity index (χ0v) is 14.7. The van der Waals surface area contributed by atoms with Crippen LogP contribution in [0.3, 0.4) is 0 Å². The van der Waals surface area contributed by atoms with Crippen LogP contribution in [0, 0.1) is 0 Å². The molecule has 0 radical (unpaired) electrons. The van der Waals surface area contributed by atoms with Crippen molar-refractivity contribution in [3.63, 3.8) is 0 Å². The Hall–Kier alpha value is -1.75. The van der Waals surface area contributed by atoms with Gasteiger partial charge >= 0.3 is 6.03 Å². The third kappa shape index (κ3) is 4.20. The molecule has 2 amide bonds. The number of aromatic nitrogens is 1. The molecular weight excluding hydrogens is 352 g/mol. The van der Waals surface area contributed by atoms with E-state index < -0.39 is 10.0 Å². The number of benzene rings is 1. The first-order valence-corrected chi connectivity index (χ1v) is 10.1. The van der Waals surface area contributed by atoms with E-state index in [0.29, 0.717) is 18.8 Å². The van der Waals surface area contributed by atoms with Crippen molar-refractivity contribution < 1.29 is 17.9 Å². The molecule has 1 aliphatic rings. The van der Waals surface area contributed by atoms with Crippen LogP contribution < -0.4 is 10.6 Å². The predicted octanol–water partition coefficient (Wildman–Crippen LogP) is 1.08. The number of thiazole rings is 1. The number of morpholine rings is 1. The topological polar surface area (TPSA) is 101 Å². The summed E-state index contributed by atoms with van der Waals surface area (Å²) >= 11 is 1.50. The van der Waals surface area contributed by atoms with Crippen molar-refractivity contribution in [3.8, 4) is 0 Å². The number of sulfonamides is 1. The molecular formula is C14H18N4O4S2. The Morgan fingerprint density at radius 2 is 2.33 bits per heavy atom. The predicted molar refractivity (Wildman–Crippen MR) is 92.8 cm³/mol. The maximum absolute atomic E-state index is 12.0. The van der Waals surface area contributed by atoms with Crippen molar-refractivity contribution >= 4 is 43.3 Å². The minimum Gasteiger partial charge on any atom is -0.374 e. The van der Waals surface area contributed by atoms with Gasteiger partial charge in [0.25, 0.3) is 0 Å². The molecule has 3 rings (SSSR count).